The summed E-state index contributed by atoms with van der Waals surface area (Å²) in [6.45, 7) is 5.72. The van der Waals surface area contributed by atoms with Gasteiger partial charge in [0, 0.05) is 18.6 Å². The van der Waals surface area contributed by atoms with E-state index in [2.05, 4.69) is 21.8 Å². The number of benzene rings is 1. The highest BCUT2D eigenvalue weighted by Crippen LogP contribution is 2.39. The van der Waals surface area contributed by atoms with Crippen LogP contribution >= 0.6 is 11.6 Å². The molecular formula is C17H23ClN4. The molecule has 0 atom stereocenters. The van der Waals surface area contributed by atoms with Gasteiger partial charge in [-0.25, -0.2) is 4.98 Å². The molecule has 22 heavy (non-hydrogen) atoms. The lowest BCUT2D eigenvalue weighted by Crippen LogP contribution is -2.38. The first kappa shape index (κ1) is 14.5. The predicted molar refractivity (Wildman–Crippen MR) is 90.2 cm³/mol. The molecule has 0 unspecified atom stereocenters. The molecule has 0 bridgehead atoms. The number of hydrogen-bond acceptors (Lipinski definition) is 3. The summed E-state index contributed by atoms with van der Waals surface area (Å²) >= 11 is 6.11. The molecule has 2 aromatic rings. The summed E-state index contributed by atoms with van der Waals surface area (Å²) < 4.78 is 2.19. The number of hydrogen-bond donors (Lipinski definition) is 1. The van der Waals surface area contributed by atoms with Crippen molar-refractivity contribution in [3.05, 3.63) is 29.0 Å². The molecule has 0 radical (unpaired) electrons. The monoisotopic (exact) mass is 318 g/mol. The van der Waals surface area contributed by atoms with Gasteiger partial charge in [-0.05, 0) is 62.5 Å². The molecule has 4 rings (SSSR count). The number of rotatable bonds is 2. The van der Waals surface area contributed by atoms with Crippen molar-refractivity contribution in [1.82, 2.24) is 19.8 Å². The zero-order valence-corrected chi connectivity index (χ0v) is 13.9. The fourth-order valence-corrected chi connectivity index (χ4v) is 4.25. The number of halogens is 1. The second-order valence-corrected chi connectivity index (χ2v) is 7.37. The summed E-state index contributed by atoms with van der Waals surface area (Å²) in [5.74, 6) is 1.14. The van der Waals surface area contributed by atoms with Crippen molar-refractivity contribution in [3.63, 3.8) is 0 Å². The molecule has 118 valence electrons. The van der Waals surface area contributed by atoms with Crippen molar-refractivity contribution < 1.29 is 0 Å². The van der Waals surface area contributed by atoms with E-state index >= 15 is 0 Å². The molecule has 1 N–H and O–H groups in total. The van der Waals surface area contributed by atoms with Crippen LogP contribution in [-0.4, -0.2) is 40.6 Å². The maximum atomic E-state index is 6.11. The van der Waals surface area contributed by atoms with Crippen molar-refractivity contribution in [2.24, 2.45) is 12.5 Å². The van der Waals surface area contributed by atoms with Crippen molar-refractivity contribution in [3.8, 4) is 0 Å². The maximum absolute atomic E-state index is 6.11. The topological polar surface area (TPSA) is 33.1 Å². The number of nitrogens with one attached hydrogen (secondary N) is 1. The molecule has 0 aliphatic carbocycles. The third kappa shape index (κ3) is 2.53. The zero-order valence-electron chi connectivity index (χ0n) is 13.1. The molecule has 2 saturated heterocycles. The van der Waals surface area contributed by atoms with Crippen LogP contribution < -0.4 is 5.32 Å². The Hall–Kier alpha value is -1.10. The number of aromatic nitrogens is 2. The SMILES string of the molecule is Cn1c(CN2CCC3(CCNCC3)C2)nc2ccc(Cl)cc21. The number of piperidine rings is 1. The third-order valence-corrected chi connectivity index (χ3v) is 5.72. The molecule has 0 amide bonds. The summed E-state index contributed by atoms with van der Waals surface area (Å²) in [4.78, 5) is 7.38. The lowest BCUT2D eigenvalue weighted by Gasteiger charge is -2.33. The highest BCUT2D eigenvalue weighted by molar-refractivity contribution is 6.31. The van der Waals surface area contributed by atoms with Crippen LogP contribution in [0.3, 0.4) is 0 Å². The molecule has 1 aromatic heterocycles. The Bertz CT molecular complexity index is 687. The molecule has 0 saturated carbocycles. The van der Waals surface area contributed by atoms with Gasteiger partial charge in [0.05, 0.1) is 17.6 Å². The van der Waals surface area contributed by atoms with Crippen molar-refractivity contribution >= 4 is 22.6 Å². The van der Waals surface area contributed by atoms with E-state index in [9.17, 15) is 0 Å². The van der Waals surface area contributed by atoms with Gasteiger partial charge >= 0.3 is 0 Å². The Morgan fingerprint density at radius 1 is 1.27 bits per heavy atom. The molecule has 1 aromatic carbocycles. The number of imidazole rings is 1. The molecule has 5 heteroatoms. The molecule has 1 spiro atoms. The number of likely N-dealkylation sites (tertiary alicyclic amines) is 1. The molecule has 2 aliphatic rings. The average Bonchev–Trinajstić information content (AvgIpc) is 3.03. The summed E-state index contributed by atoms with van der Waals surface area (Å²) in [6, 6.07) is 5.94. The summed E-state index contributed by atoms with van der Waals surface area (Å²) in [5, 5.41) is 4.26. The number of aryl methyl sites for hydroxylation is 1. The van der Waals surface area contributed by atoms with Gasteiger partial charge in [-0.3, -0.25) is 4.90 Å². The predicted octanol–water partition coefficient (Wildman–Crippen LogP) is 2.80. The second kappa shape index (κ2) is 5.52. The molecular weight excluding hydrogens is 296 g/mol. The Kier molecular flexibility index (Phi) is 3.63. The highest BCUT2D eigenvalue weighted by atomic mass is 35.5. The third-order valence-electron chi connectivity index (χ3n) is 5.48. The van der Waals surface area contributed by atoms with Crippen LogP contribution in [0.2, 0.25) is 5.02 Å². The van der Waals surface area contributed by atoms with Gasteiger partial charge in [0.2, 0.25) is 0 Å². The van der Waals surface area contributed by atoms with E-state index < -0.39 is 0 Å². The van der Waals surface area contributed by atoms with Gasteiger partial charge in [0.15, 0.2) is 0 Å². The lowest BCUT2D eigenvalue weighted by molar-refractivity contribution is 0.192. The smallest absolute Gasteiger partial charge is 0.123 e. The van der Waals surface area contributed by atoms with Crippen molar-refractivity contribution in [2.75, 3.05) is 26.2 Å². The summed E-state index contributed by atoms with van der Waals surface area (Å²) in [5.41, 5.74) is 2.72. The Morgan fingerprint density at radius 2 is 2.09 bits per heavy atom. The van der Waals surface area contributed by atoms with E-state index in [-0.39, 0.29) is 0 Å². The van der Waals surface area contributed by atoms with Crippen molar-refractivity contribution in [1.29, 1.82) is 0 Å². The van der Waals surface area contributed by atoms with Gasteiger partial charge in [-0.1, -0.05) is 11.6 Å². The fourth-order valence-electron chi connectivity index (χ4n) is 4.08. The highest BCUT2D eigenvalue weighted by Gasteiger charge is 2.38. The first-order chi connectivity index (χ1) is 10.7. The van der Waals surface area contributed by atoms with E-state index in [1.54, 1.807) is 0 Å². The summed E-state index contributed by atoms with van der Waals surface area (Å²) in [6.07, 6.45) is 3.98. The maximum Gasteiger partial charge on any atom is 0.123 e. The first-order valence-electron chi connectivity index (χ1n) is 8.19. The Morgan fingerprint density at radius 3 is 2.91 bits per heavy atom. The zero-order chi connectivity index (χ0) is 15.2. The van der Waals surface area contributed by atoms with Crippen LogP contribution in [-0.2, 0) is 13.6 Å². The van der Waals surface area contributed by atoms with Gasteiger partial charge in [-0.15, -0.1) is 0 Å². The molecule has 4 nitrogen and oxygen atoms in total. The Balaban J connectivity index is 1.53. The van der Waals surface area contributed by atoms with Gasteiger partial charge in [-0.2, -0.15) is 0 Å². The normalized spacial score (nSPS) is 21.9. The van der Waals surface area contributed by atoms with E-state index in [1.165, 1.54) is 45.4 Å². The van der Waals surface area contributed by atoms with Gasteiger partial charge in [0.1, 0.15) is 5.82 Å². The molecule has 2 aliphatic heterocycles. The number of nitrogens with zero attached hydrogens (tertiary/aromatic N) is 3. The van der Waals surface area contributed by atoms with Crippen LogP contribution in [0.15, 0.2) is 18.2 Å². The minimum Gasteiger partial charge on any atom is -0.330 e. The summed E-state index contributed by atoms with van der Waals surface area (Å²) in [7, 11) is 2.09. The van der Waals surface area contributed by atoms with Crippen LogP contribution in [0.5, 0.6) is 0 Å². The first-order valence-corrected chi connectivity index (χ1v) is 8.57. The quantitative estimate of drug-likeness (QED) is 0.924. The van der Waals surface area contributed by atoms with E-state index in [4.69, 9.17) is 16.6 Å². The van der Waals surface area contributed by atoms with E-state index in [0.717, 1.165) is 28.4 Å². The van der Waals surface area contributed by atoms with E-state index in [1.807, 2.05) is 18.2 Å². The molecule has 2 fully saturated rings. The standard InChI is InChI=1S/C17H23ClN4/c1-21-15-10-13(18)2-3-14(15)20-16(21)11-22-9-6-17(12-22)4-7-19-8-5-17/h2-3,10,19H,4-9,11-12H2,1H3. The van der Waals surface area contributed by atoms with Crippen LogP contribution in [0.4, 0.5) is 0 Å². The van der Waals surface area contributed by atoms with Crippen molar-refractivity contribution in [2.45, 2.75) is 25.8 Å². The van der Waals surface area contributed by atoms with E-state index in [0.29, 0.717) is 5.41 Å². The fraction of sp³-hybridized carbons (Fsp3) is 0.588. The largest absolute Gasteiger partial charge is 0.330 e. The van der Waals surface area contributed by atoms with Gasteiger partial charge < -0.3 is 9.88 Å². The average molecular weight is 319 g/mol. The second-order valence-electron chi connectivity index (χ2n) is 6.93. The van der Waals surface area contributed by atoms with Crippen LogP contribution in [0.1, 0.15) is 25.1 Å². The van der Waals surface area contributed by atoms with Gasteiger partial charge in [0.25, 0.3) is 0 Å². The number of fused-ring (bicyclic) bond motifs is 1. The van der Waals surface area contributed by atoms with Crippen LogP contribution in [0, 0.1) is 5.41 Å². The lowest BCUT2D eigenvalue weighted by atomic mass is 9.78. The minimum absolute atomic E-state index is 0.555. The molecule has 3 heterocycles. The minimum atomic E-state index is 0.555. The Labute approximate surface area is 136 Å². The van der Waals surface area contributed by atoms with Crippen LogP contribution in [0.25, 0.3) is 11.0 Å².